The summed E-state index contributed by atoms with van der Waals surface area (Å²) < 4.78 is 37.0. The number of imide groups is 1. The summed E-state index contributed by atoms with van der Waals surface area (Å²) in [4.78, 5) is 35.2. The van der Waals surface area contributed by atoms with E-state index in [0.29, 0.717) is 12.3 Å². The van der Waals surface area contributed by atoms with Gasteiger partial charge in [-0.1, -0.05) is 0 Å². The lowest BCUT2D eigenvalue weighted by Crippen LogP contribution is -2.44. The fourth-order valence-electron chi connectivity index (χ4n) is 2.13. The van der Waals surface area contributed by atoms with Gasteiger partial charge in [0.15, 0.2) is 6.10 Å². The van der Waals surface area contributed by atoms with Crippen molar-refractivity contribution >= 4 is 27.9 Å². The number of hydrogen-bond acceptors (Lipinski definition) is 7. The third-order valence-electron chi connectivity index (χ3n) is 3.64. The van der Waals surface area contributed by atoms with Crippen LogP contribution in [0.25, 0.3) is 0 Å². The molecule has 0 saturated carbocycles. The molecule has 1 aromatic carbocycles. The number of carbonyl (C=O) groups excluding carboxylic acids is 3. The van der Waals surface area contributed by atoms with Crippen LogP contribution in [-0.2, 0) is 26.1 Å². The average Bonchev–Trinajstić information content (AvgIpc) is 3.20. The second kappa shape index (κ2) is 9.85. The molecule has 3 amide bonds. The number of ether oxygens (including phenoxy) is 1. The van der Waals surface area contributed by atoms with Crippen molar-refractivity contribution in [1.29, 1.82) is 0 Å². The highest BCUT2D eigenvalue weighted by atomic mass is 32.2. The fraction of sp³-hybridized carbons (Fsp3) is 0.278. The molecule has 3 N–H and O–H groups in total. The maximum atomic E-state index is 12.3. The first-order chi connectivity index (χ1) is 13.7. The first kappa shape index (κ1) is 22.1. The van der Waals surface area contributed by atoms with E-state index >= 15 is 0 Å². The summed E-state index contributed by atoms with van der Waals surface area (Å²) in [5.41, 5.74) is 0.0487. The Morgan fingerprint density at radius 1 is 1.14 bits per heavy atom. The molecule has 1 aromatic heterocycles. The molecule has 1 heterocycles. The summed E-state index contributed by atoms with van der Waals surface area (Å²) in [5, 5.41) is 4.41. The molecule has 2 rings (SSSR count). The molecule has 11 heteroatoms. The minimum Gasteiger partial charge on any atom is -0.468 e. The Hall–Kier alpha value is -3.18. The summed E-state index contributed by atoms with van der Waals surface area (Å²) in [7, 11) is -3.80. The predicted molar refractivity (Wildman–Crippen MR) is 101 cm³/mol. The molecule has 1 atom stereocenters. The monoisotopic (exact) mass is 423 g/mol. The molecule has 0 bridgehead atoms. The molecular weight excluding hydrogens is 402 g/mol. The molecular formula is C18H21N3O7S. The second-order valence-corrected chi connectivity index (χ2v) is 7.59. The maximum absolute atomic E-state index is 12.3. The SMILES string of the molecule is CCNC(=O)NC(=O)[C@H](C)OC(=O)c1ccc(S(=O)(=O)NCc2ccco2)cc1. The molecule has 2 aromatic rings. The van der Waals surface area contributed by atoms with Crippen molar-refractivity contribution < 1.29 is 32.0 Å². The van der Waals surface area contributed by atoms with Gasteiger partial charge in [0.25, 0.3) is 5.91 Å². The third-order valence-corrected chi connectivity index (χ3v) is 5.06. The smallest absolute Gasteiger partial charge is 0.338 e. The van der Waals surface area contributed by atoms with Gasteiger partial charge in [-0.25, -0.2) is 22.7 Å². The van der Waals surface area contributed by atoms with E-state index in [1.165, 1.54) is 37.5 Å². The van der Waals surface area contributed by atoms with Gasteiger partial charge >= 0.3 is 12.0 Å². The van der Waals surface area contributed by atoms with Crippen LogP contribution in [0.5, 0.6) is 0 Å². The van der Waals surface area contributed by atoms with Gasteiger partial charge in [-0.3, -0.25) is 10.1 Å². The largest absolute Gasteiger partial charge is 0.468 e. The van der Waals surface area contributed by atoms with Crippen molar-refractivity contribution in [3.05, 3.63) is 54.0 Å². The Bertz CT molecular complexity index is 954. The van der Waals surface area contributed by atoms with Crippen LogP contribution in [-0.4, -0.2) is 39.0 Å². The molecule has 10 nitrogen and oxygen atoms in total. The summed E-state index contributed by atoms with van der Waals surface area (Å²) in [5.74, 6) is -1.17. The number of urea groups is 1. The van der Waals surface area contributed by atoms with Gasteiger partial charge in [0, 0.05) is 6.54 Å². The number of nitrogens with one attached hydrogen (secondary N) is 3. The van der Waals surface area contributed by atoms with Gasteiger partial charge in [0.05, 0.1) is 23.3 Å². The minimum absolute atomic E-state index is 0.0165. The van der Waals surface area contributed by atoms with Gasteiger partial charge < -0.3 is 14.5 Å². The van der Waals surface area contributed by atoms with Crippen LogP contribution < -0.4 is 15.4 Å². The Labute approximate surface area is 167 Å². The Kier molecular flexibility index (Phi) is 7.51. The van der Waals surface area contributed by atoms with E-state index in [1.54, 1.807) is 19.1 Å². The van der Waals surface area contributed by atoms with Crippen LogP contribution in [0.2, 0.25) is 0 Å². The zero-order valence-electron chi connectivity index (χ0n) is 15.8. The summed E-state index contributed by atoms with van der Waals surface area (Å²) in [6.07, 6.45) is 0.213. The Morgan fingerprint density at radius 3 is 2.41 bits per heavy atom. The highest BCUT2D eigenvalue weighted by Crippen LogP contribution is 2.13. The first-order valence-corrected chi connectivity index (χ1v) is 10.1. The summed E-state index contributed by atoms with van der Waals surface area (Å²) in [6.45, 7) is 3.31. The molecule has 156 valence electrons. The maximum Gasteiger partial charge on any atom is 0.338 e. The van der Waals surface area contributed by atoms with Crippen molar-refractivity contribution in [3.63, 3.8) is 0 Å². The van der Waals surface area contributed by atoms with Crippen LogP contribution in [0.4, 0.5) is 4.79 Å². The van der Waals surface area contributed by atoms with E-state index in [2.05, 4.69) is 10.0 Å². The van der Waals surface area contributed by atoms with Crippen molar-refractivity contribution in [1.82, 2.24) is 15.4 Å². The van der Waals surface area contributed by atoms with Crippen LogP contribution in [0.1, 0.15) is 30.0 Å². The molecule has 0 aliphatic heterocycles. The number of furan rings is 1. The molecule has 0 radical (unpaired) electrons. The van der Waals surface area contributed by atoms with Crippen LogP contribution in [0, 0.1) is 0 Å². The average molecular weight is 423 g/mol. The number of sulfonamides is 1. The second-order valence-electron chi connectivity index (χ2n) is 5.82. The van der Waals surface area contributed by atoms with Crippen molar-refractivity contribution in [2.75, 3.05) is 6.54 Å². The Balaban J connectivity index is 1.95. The van der Waals surface area contributed by atoms with Crippen molar-refractivity contribution in [2.45, 2.75) is 31.4 Å². The van der Waals surface area contributed by atoms with Gasteiger partial charge in [-0.15, -0.1) is 0 Å². The zero-order chi connectivity index (χ0) is 21.4. The van der Waals surface area contributed by atoms with E-state index < -0.39 is 34.0 Å². The Morgan fingerprint density at radius 2 is 1.83 bits per heavy atom. The van der Waals surface area contributed by atoms with E-state index in [-0.39, 0.29) is 17.0 Å². The number of hydrogen-bond donors (Lipinski definition) is 3. The highest BCUT2D eigenvalue weighted by molar-refractivity contribution is 7.89. The van der Waals surface area contributed by atoms with Crippen LogP contribution in [0.15, 0.2) is 52.0 Å². The van der Waals surface area contributed by atoms with Crippen LogP contribution >= 0.6 is 0 Å². The quantitative estimate of drug-likeness (QED) is 0.540. The topological polar surface area (TPSA) is 144 Å². The van der Waals surface area contributed by atoms with Gasteiger partial charge in [-0.05, 0) is 50.2 Å². The highest BCUT2D eigenvalue weighted by Gasteiger charge is 2.21. The third kappa shape index (κ3) is 6.43. The van der Waals surface area contributed by atoms with Gasteiger partial charge in [0.2, 0.25) is 10.0 Å². The van der Waals surface area contributed by atoms with E-state index in [1.807, 2.05) is 5.32 Å². The number of carbonyl (C=O) groups is 3. The normalized spacial score (nSPS) is 12.1. The molecule has 0 unspecified atom stereocenters. The number of esters is 1. The van der Waals surface area contributed by atoms with Gasteiger partial charge in [-0.2, -0.15) is 0 Å². The molecule has 0 aliphatic carbocycles. The number of benzene rings is 1. The fourth-order valence-corrected chi connectivity index (χ4v) is 3.13. The molecule has 0 aliphatic rings. The van der Waals surface area contributed by atoms with Crippen molar-refractivity contribution in [3.8, 4) is 0 Å². The van der Waals surface area contributed by atoms with E-state index in [9.17, 15) is 22.8 Å². The number of rotatable bonds is 8. The van der Waals surface area contributed by atoms with E-state index in [4.69, 9.17) is 9.15 Å². The standard InChI is InChI=1S/C18H21N3O7S/c1-3-19-18(24)21-16(22)12(2)28-17(23)13-6-8-15(9-7-13)29(25,26)20-11-14-5-4-10-27-14/h4-10,12,20H,3,11H2,1-2H3,(H2,19,21,22,24)/t12-/m0/s1. The molecule has 0 saturated heterocycles. The first-order valence-electron chi connectivity index (χ1n) is 8.64. The van der Waals surface area contributed by atoms with Gasteiger partial charge in [0.1, 0.15) is 5.76 Å². The minimum atomic E-state index is -3.80. The van der Waals surface area contributed by atoms with Crippen LogP contribution in [0.3, 0.4) is 0 Å². The zero-order valence-corrected chi connectivity index (χ0v) is 16.6. The number of amides is 3. The summed E-state index contributed by atoms with van der Waals surface area (Å²) in [6, 6.07) is 7.57. The molecule has 0 spiro atoms. The van der Waals surface area contributed by atoms with Crippen molar-refractivity contribution in [2.24, 2.45) is 0 Å². The molecule has 29 heavy (non-hydrogen) atoms. The molecule has 0 fully saturated rings. The summed E-state index contributed by atoms with van der Waals surface area (Å²) >= 11 is 0. The lowest BCUT2D eigenvalue weighted by Gasteiger charge is -2.13. The van der Waals surface area contributed by atoms with E-state index in [0.717, 1.165) is 0 Å². The lowest BCUT2D eigenvalue weighted by atomic mass is 10.2. The predicted octanol–water partition coefficient (Wildman–Crippen LogP) is 1.15. The lowest BCUT2D eigenvalue weighted by molar-refractivity contribution is -0.127.